The lowest BCUT2D eigenvalue weighted by atomic mass is 10.0. The number of benzene rings is 10. The summed E-state index contributed by atoms with van der Waals surface area (Å²) in [7, 11) is 0. The quantitative estimate of drug-likeness (QED) is 0.143. The summed E-state index contributed by atoms with van der Waals surface area (Å²) in [6, 6.07) is 94.5. The Morgan fingerprint density at radius 1 is 0.310 bits per heavy atom. The number of para-hydroxylation sites is 4. The van der Waals surface area contributed by atoms with E-state index in [1.165, 1.54) is 26.6 Å². The normalized spacial score (nSPS) is 12.2. The number of hydrogen-bond acceptors (Lipinski definition) is 6. The summed E-state index contributed by atoms with van der Waals surface area (Å²) in [6.07, 6.45) is 0. The zero-order chi connectivity index (χ0) is 47.1. The van der Waals surface area contributed by atoms with Crippen molar-refractivity contribution in [3.8, 4) is 56.3 Å². The Morgan fingerprint density at radius 2 is 0.761 bits per heavy atom. The summed E-state index contributed by atoms with van der Waals surface area (Å²) < 4.78 is 6.77. The maximum Gasteiger partial charge on any atom is 0.152 e. The molecule has 0 unspecified atom stereocenters. The molecule has 0 saturated carbocycles. The number of ether oxygens (including phenoxy) is 1. The van der Waals surface area contributed by atoms with Gasteiger partial charge in [0.25, 0.3) is 0 Å². The van der Waals surface area contributed by atoms with Crippen LogP contribution in [0.5, 0.6) is 11.5 Å². The fourth-order valence-corrected chi connectivity index (χ4v) is 10.9. The molecule has 0 bridgehead atoms. The summed E-state index contributed by atoms with van der Waals surface area (Å²) in [5, 5.41) is 0. The number of anilines is 9. The average Bonchev–Trinajstić information content (AvgIpc) is 3.45. The minimum absolute atomic E-state index is 0.780. The molecule has 0 amide bonds. The molecule has 10 aromatic carbocycles. The highest BCUT2D eigenvalue weighted by atomic mass is 32.2. The molecule has 0 N–H and O–H groups in total. The van der Waals surface area contributed by atoms with Crippen molar-refractivity contribution in [2.24, 2.45) is 0 Å². The molecule has 0 radical (unpaired) electrons. The van der Waals surface area contributed by atoms with Gasteiger partial charge in [0.2, 0.25) is 0 Å². The number of pyridine rings is 1. The van der Waals surface area contributed by atoms with Gasteiger partial charge in [0.1, 0.15) is 0 Å². The van der Waals surface area contributed by atoms with Crippen LogP contribution in [0.15, 0.2) is 277 Å². The fraction of sp³-hybridized carbons (Fsp3) is 0. The highest BCUT2D eigenvalue weighted by molar-refractivity contribution is 7.99. The van der Waals surface area contributed by atoms with E-state index in [-0.39, 0.29) is 0 Å². The Morgan fingerprint density at radius 3 is 1.41 bits per heavy atom. The minimum Gasteiger partial charge on any atom is -0.453 e. The topological polar surface area (TPSA) is 31.8 Å². The standard InChI is InChI=1S/C65H44N4OS/c1-5-17-45(18-6-1)46-29-34-52(35-30-46)67(54-38-40-61-65(44-54)71-64-28-16-14-26-60(64)68(61)51-23-11-4-12-24-51)53-36-31-47(32-37-53)50-33-39-59-63(41-50)70-62-27-15-13-25-58(62)69(59)55-42-56(48-19-7-2-8-20-48)66-57(43-55)49-21-9-3-10-22-49/h1-44H. The van der Waals surface area contributed by atoms with Crippen molar-refractivity contribution < 1.29 is 4.74 Å². The lowest BCUT2D eigenvalue weighted by Gasteiger charge is -2.34. The highest BCUT2D eigenvalue weighted by Gasteiger charge is 2.29. The van der Waals surface area contributed by atoms with Crippen LogP contribution in [0.25, 0.3) is 44.8 Å². The second kappa shape index (κ2) is 18.1. The van der Waals surface area contributed by atoms with E-state index in [0.29, 0.717) is 0 Å². The van der Waals surface area contributed by atoms with Gasteiger partial charge in [-0.3, -0.25) is 0 Å². The van der Waals surface area contributed by atoms with Crippen LogP contribution in [0, 0.1) is 0 Å². The van der Waals surface area contributed by atoms with Gasteiger partial charge in [-0.1, -0.05) is 176 Å². The third kappa shape index (κ3) is 7.96. The SMILES string of the molecule is c1ccc(-c2ccc(N(c3ccc(-c4ccc5c(c4)Oc4ccccc4N5c4cc(-c5ccccc5)nc(-c5ccccc5)c4)cc3)c3ccc4c(c3)Sc3ccccc3N4c3ccccc3)cc2)cc1. The molecular formula is C65H44N4OS. The van der Waals surface area contributed by atoms with Gasteiger partial charge in [0.15, 0.2) is 11.5 Å². The van der Waals surface area contributed by atoms with Crippen molar-refractivity contribution in [3.63, 3.8) is 0 Å². The van der Waals surface area contributed by atoms with Crippen LogP contribution in [0.3, 0.4) is 0 Å². The van der Waals surface area contributed by atoms with E-state index in [1.807, 2.05) is 36.0 Å². The Balaban J connectivity index is 0.882. The summed E-state index contributed by atoms with van der Waals surface area (Å²) >= 11 is 1.82. The van der Waals surface area contributed by atoms with Gasteiger partial charge in [0.05, 0.1) is 39.8 Å². The van der Waals surface area contributed by atoms with Gasteiger partial charge in [-0.2, -0.15) is 0 Å². The van der Waals surface area contributed by atoms with Crippen LogP contribution < -0.4 is 19.4 Å². The molecular weight excluding hydrogens is 885 g/mol. The second-order valence-corrected chi connectivity index (χ2v) is 18.7. The van der Waals surface area contributed by atoms with Crippen molar-refractivity contribution in [2.75, 3.05) is 14.7 Å². The molecule has 6 heteroatoms. The Bertz CT molecular complexity index is 3640. The number of aromatic nitrogens is 1. The summed E-state index contributed by atoms with van der Waals surface area (Å²) in [6.45, 7) is 0. The number of fused-ring (bicyclic) bond motifs is 4. The smallest absolute Gasteiger partial charge is 0.152 e. The Labute approximate surface area is 418 Å². The maximum absolute atomic E-state index is 6.77. The van der Waals surface area contributed by atoms with Crippen molar-refractivity contribution >= 4 is 62.9 Å². The molecule has 0 spiro atoms. The molecule has 71 heavy (non-hydrogen) atoms. The summed E-state index contributed by atoms with van der Waals surface area (Å²) in [5.74, 6) is 1.57. The van der Waals surface area contributed by atoms with E-state index in [2.05, 4.69) is 257 Å². The van der Waals surface area contributed by atoms with E-state index < -0.39 is 0 Å². The van der Waals surface area contributed by atoms with Crippen molar-refractivity contribution in [1.82, 2.24) is 4.98 Å². The van der Waals surface area contributed by atoms with Crippen LogP contribution >= 0.6 is 11.8 Å². The first kappa shape index (κ1) is 42.0. The molecule has 0 aliphatic carbocycles. The molecule has 0 saturated heterocycles. The molecule has 5 nitrogen and oxygen atoms in total. The van der Waals surface area contributed by atoms with E-state index >= 15 is 0 Å². The Kier molecular flexibility index (Phi) is 10.7. The molecule has 2 aliphatic rings. The van der Waals surface area contributed by atoms with E-state index in [0.717, 1.165) is 90.6 Å². The second-order valence-electron chi connectivity index (χ2n) is 17.6. The first-order chi connectivity index (χ1) is 35.2. The third-order valence-corrected chi connectivity index (χ3v) is 14.3. The summed E-state index contributed by atoms with van der Waals surface area (Å²) in [5.41, 5.74) is 18.0. The lowest BCUT2D eigenvalue weighted by Crippen LogP contribution is -2.16. The first-order valence-electron chi connectivity index (χ1n) is 23.8. The first-order valence-corrected chi connectivity index (χ1v) is 24.7. The number of nitrogens with zero attached hydrogens (tertiary/aromatic N) is 4. The van der Waals surface area contributed by atoms with Gasteiger partial charge in [-0.05, 0) is 125 Å². The van der Waals surface area contributed by atoms with Gasteiger partial charge < -0.3 is 19.4 Å². The van der Waals surface area contributed by atoms with E-state index in [4.69, 9.17) is 9.72 Å². The van der Waals surface area contributed by atoms with Crippen LogP contribution in [0.1, 0.15) is 0 Å². The molecule has 1 aromatic heterocycles. The van der Waals surface area contributed by atoms with Gasteiger partial charge in [-0.15, -0.1) is 0 Å². The van der Waals surface area contributed by atoms with E-state index in [1.54, 1.807) is 0 Å². The largest absolute Gasteiger partial charge is 0.453 e. The van der Waals surface area contributed by atoms with E-state index in [9.17, 15) is 0 Å². The minimum atomic E-state index is 0.780. The number of rotatable bonds is 9. The molecule has 0 fully saturated rings. The van der Waals surface area contributed by atoms with Crippen LogP contribution in [-0.2, 0) is 0 Å². The molecule has 13 rings (SSSR count). The monoisotopic (exact) mass is 928 g/mol. The fourth-order valence-electron chi connectivity index (χ4n) is 9.80. The number of hydrogen-bond donors (Lipinski definition) is 0. The van der Waals surface area contributed by atoms with Gasteiger partial charge in [-0.25, -0.2) is 4.98 Å². The van der Waals surface area contributed by atoms with Crippen LogP contribution in [0.2, 0.25) is 0 Å². The molecule has 336 valence electrons. The molecule has 3 heterocycles. The summed E-state index contributed by atoms with van der Waals surface area (Å²) in [4.78, 5) is 14.6. The molecule has 11 aromatic rings. The highest BCUT2D eigenvalue weighted by Crippen LogP contribution is 2.54. The van der Waals surface area contributed by atoms with Crippen LogP contribution in [0.4, 0.5) is 51.2 Å². The third-order valence-electron chi connectivity index (χ3n) is 13.2. The Hall–Kier alpha value is -9.10. The predicted octanol–water partition coefficient (Wildman–Crippen LogP) is 18.7. The zero-order valence-electron chi connectivity index (χ0n) is 38.5. The maximum atomic E-state index is 6.77. The van der Waals surface area contributed by atoms with Gasteiger partial charge >= 0.3 is 0 Å². The van der Waals surface area contributed by atoms with Crippen molar-refractivity contribution in [2.45, 2.75) is 9.79 Å². The average molecular weight is 929 g/mol. The molecule has 2 aliphatic heterocycles. The molecule has 0 atom stereocenters. The van der Waals surface area contributed by atoms with Crippen molar-refractivity contribution in [1.29, 1.82) is 0 Å². The van der Waals surface area contributed by atoms with Crippen LogP contribution in [-0.4, -0.2) is 4.98 Å². The van der Waals surface area contributed by atoms with Gasteiger partial charge in [0, 0.05) is 43.7 Å². The van der Waals surface area contributed by atoms with Crippen molar-refractivity contribution in [3.05, 3.63) is 267 Å². The lowest BCUT2D eigenvalue weighted by molar-refractivity contribution is 0.477. The predicted molar refractivity (Wildman–Crippen MR) is 294 cm³/mol. The zero-order valence-corrected chi connectivity index (χ0v) is 39.3.